The number of carbonyl (C=O) groups is 2. The largest absolute Gasteiger partial charge is 0.489 e. The minimum absolute atomic E-state index is 0.0563. The number of amides is 2. The molecule has 0 aromatic heterocycles. The van der Waals surface area contributed by atoms with Crippen LogP contribution < -0.4 is 25.8 Å². The van der Waals surface area contributed by atoms with Crippen LogP contribution in [-0.2, 0) is 24.6 Å². The molecule has 0 bridgehead atoms. The van der Waals surface area contributed by atoms with Gasteiger partial charge in [0.25, 0.3) is 0 Å². The Labute approximate surface area is 235 Å². The molecule has 0 aliphatic carbocycles. The molecule has 4 rings (SSSR count). The molecular weight excluding hydrogens is 502 g/mol. The van der Waals surface area contributed by atoms with E-state index < -0.39 is 5.91 Å². The molecule has 0 aliphatic rings. The molecule has 2 amide bonds. The second kappa shape index (κ2) is 14.0. The SMILES string of the molecule is CC(=O)NCCNCc1ccc(OCc2cccc(-c3ccccc3)c2C)cc1OCc1ccc(C(N)=O)cc1. The number of nitrogens with two attached hydrogens (primary N) is 1. The summed E-state index contributed by atoms with van der Waals surface area (Å²) in [4.78, 5) is 22.5. The zero-order valence-corrected chi connectivity index (χ0v) is 22.9. The Bertz CT molecular complexity index is 1440. The van der Waals surface area contributed by atoms with Gasteiger partial charge in [-0.1, -0.05) is 66.7 Å². The number of ether oxygens (including phenoxy) is 2. The summed E-state index contributed by atoms with van der Waals surface area (Å²) in [7, 11) is 0. The van der Waals surface area contributed by atoms with Crippen molar-refractivity contribution >= 4 is 11.8 Å². The standard InChI is InChI=1S/C33H35N3O4/c1-23-29(9-6-10-31(23)26-7-4-3-5-8-26)22-39-30-16-15-28(20-35-17-18-36-24(2)37)32(19-30)40-21-25-11-13-27(14-12-25)33(34)38/h3-16,19,35H,17-18,20-22H2,1-2H3,(H2,34,38)(H,36,37). The summed E-state index contributed by atoms with van der Waals surface area (Å²) in [5, 5.41) is 6.12. The van der Waals surface area contributed by atoms with E-state index in [2.05, 4.69) is 47.9 Å². The van der Waals surface area contributed by atoms with Crippen LogP contribution in [0, 0.1) is 6.92 Å². The molecule has 0 radical (unpaired) electrons. The van der Waals surface area contributed by atoms with E-state index in [1.54, 1.807) is 12.1 Å². The first kappa shape index (κ1) is 28.4. The molecule has 0 fully saturated rings. The lowest BCUT2D eigenvalue weighted by atomic mass is 9.97. The molecule has 0 spiro atoms. The molecule has 0 aliphatic heterocycles. The first-order valence-corrected chi connectivity index (χ1v) is 13.3. The third kappa shape index (κ3) is 7.94. The van der Waals surface area contributed by atoms with Gasteiger partial charge in [-0.3, -0.25) is 9.59 Å². The van der Waals surface area contributed by atoms with Crippen LogP contribution in [0.2, 0.25) is 0 Å². The lowest BCUT2D eigenvalue weighted by molar-refractivity contribution is -0.118. The molecule has 0 atom stereocenters. The average molecular weight is 538 g/mol. The van der Waals surface area contributed by atoms with Gasteiger partial charge in [0, 0.05) is 43.8 Å². The van der Waals surface area contributed by atoms with Gasteiger partial charge in [-0.15, -0.1) is 0 Å². The van der Waals surface area contributed by atoms with Crippen LogP contribution in [0.4, 0.5) is 0 Å². The van der Waals surface area contributed by atoms with E-state index in [0.717, 1.165) is 16.7 Å². The smallest absolute Gasteiger partial charge is 0.248 e. The fraction of sp³-hybridized carbons (Fsp3) is 0.212. The van der Waals surface area contributed by atoms with Crippen LogP contribution in [0.25, 0.3) is 11.1 Å². The van der Waals surface area contributed by atoms with Crippen LogP contribution in [0.3, 0.4) is 0 Å². The Morgan fingerprint density at radius 1 is 0.800 bits per heavy atom. The van der Waals surface area contributed by atoms with Crippen molar-refractivity contribution in [3.8, 4) is 22.6 Å². The highest BCUT2D eigenvalue weighted by atomic mass is 16.5. The predicted molar refractivity (Wildman–Crippen MR) is 157 cm³/mol. The number of benzene rings is 4. The van der Waals surface area contributed by atoms with Gasteiger partial charge >= 0.3 is 0 Å². The fourth-order valence-electron chi connectivity index (χ4n) is 4.31. The normalized spacial score (nSPS) is 10.7. The quantitative estimate of drug-likeness (QED) is 0.205. The summed E-state index contributed by atoms with van der Waals surface area (Å²) in [6, 6.07) is 29.5. The molecule has 7 heteroatoms. The summed E-state index contributed by atoms with van der Waals surface area (Å²) < 4.78 is 12.4. The van der Waals surface area contributed by atoms with Crippen molar-refractivity contribution in [2.45, 2.75) is 33.6 Å². The average Bonchev–Trinajstić information content (AvgIpc) is 2.96. The van der Waals surface area contributed by atoms with Crippen molar-refractivity contribution in [1.29, 1.82) is 0 Å². The van der Waals surface area contributed by atoms with Crippen molar-refractivity contribution in [2.24, 2.45) is 5.73 Å². The van der Waals surface area contributed by atoms with E-state index in [4.69, 9.17) is 15.2 Å². The van der Waals surface area contributed by atoms with Gasteiger partial charge in [-0.25, -0.2) is 0 Å². The first-order valence-electron chi connectivity index (χ1n) is 13.3. The van der Waals surface area contributed by atoms with Gasteiger partial charge in [0.2, 0.25) is 11.8 Å². The molecule has 0 heterocycles. The second-order valence-electron chi connectivity index (χ2n) is 9.52. The van der Waals surface area contributed by atoms with Crippen LogP contribution in [-0.4, -0.2) is 24.9 Å². The molecule has 4 N–H and O–H groups in total. The van der Waals surface area contributed by atoms with Crippen molar-refractivity contribution in [2.75, 3.05) is 13.1 Å². The number of hydrogen-bond acceptors (Lipinski definition) is 5. The predicted octanol–water partition coefficient (Wildman–Crippen LogP) is 5.14. The summed E-state index contributed by atoms with van der Waals surface area (Å²) in [5.41, 5.74) is 12.3. The highest BCUT2D eigenvalue weighted by Gasteiger charge is 2.10. The minimum Gasteiger partial charge on any atom is -0.489 e. The van der Waals surface area contributed by atoms with Gasteiger partial charge in [-0.2, -0.15) is 0 Å². The van der Waals surface area contributed by atoms with Gasteiger partial charge in [0.15, 0.2) is 0 Å². The fourth-order valence-corrected chi connectivity index (χ4v) is 4.31. The van der Waals surface area contributed by atoms with Crippen LogP contribution in [0.5, 0.6) is 11.5 Å². The first-order chi connectivity index (χ1) is 19.4. The summed E-state index contributed by atoms with van der Waals surface area (Å²) in [6.07, 6.45) is 0. The Balaban J connectivity index is 1.47. The number of hydrogen-bond donors (Lipinski definition) is 3. The van der Waals surface area contributed by atoms with Gasteiger partial charge < -0.3 is 25.8 Å². The zero-order chi connectivity index (χ0) is 28.3. The topological polar surface area (TPSA) is 103 Å². The van der Waals surface area contributed by atoms with E-state index in [0.29, 0.717) is 49.9 Å². The molecular formula is C33H35N3O4. The molecule has 40 heavy (non-hydrogen) atoms. The Hall–Kier alpha value is -4.62. The van der Waals surface area contributed by atoms with Crippen LogP contribution in [0.15, 0.2) is 91.0 Å². The van der Waals surface area contributed by atoms with Gasteiger partial charge in [0.05, 0.1) is 0 Å². The monoisotopic (exact) mass is 537 g/mol. The maximum absolute atomic E-state index is 11.4. The van der Waals surface area contributed by atoms with E-state index in [9.17, 15) is 9.59 Å². The van der Waals surface area contributed by atoms with Crippen LogP contribution >= 0.6 is 0 Å². The number of nitrogens with one attached hydrogen (secondary N) is 2. The van der Waals surface area contributed by atoms with E-state index in [1.807, 2.05) is 48.5 Å². The second-order valence-corrected chi connectivity index (χ2v) is 9.52. The third-order valence-electron chi connectivity index (χ3n) is 6.59. The van der Waals surface area contributed by atoms with Crippen molar-refractivity contribution in [3.05, 3.63) is 119 Å². The molecule has 0 saturated carbocycles. The van der Waals surface area contributed by atoms with Gasteiger partial charge in [0.1, 0.15) is 24.7 Å². The van der Waals surface area contributed by atoms with E-state index in [-0.39, 0.29) is 5.91 Å². The van der Waals surface area contributed by atoms with Crippen molar-refractivity contribution < 1.29 is 19.1 Å². The minimum atomic E-state index is -0.463. The summed E-state index contributed by atoms with van der Waals surface area (Å²) in [5.74, 6) is 0.873. The molecule has 4 aromatic carbocycles. The highest BCUT2D eigenvalue weighted by molar-refractivity contribution is 5.92. The lowest BCUT2D eigenvalue weighted by Crippen LogP contribution is -2.30. The highest BCUT2D eigenvalue weighted by Crippen LogP contribution is 2.29. The molecule has 0 saturated heterocycles. The molecule has 206 valence electrons. The number of primary amides is 1. The van der Waals surface area contributed by atoms with E-state index in [1.165, 1.54) is 23.6 Å². The molecule has 0 unspecified atom stereocenters. The lowest BCUT2D eigenvalue weighted by Gasteiger charge is -2.16. The zero-order valence-electron chi connectivity index (χ0n) is 22.9. The summed E-state index contributed by atoms with van der Waals surface area (Å²) in [6.45, 7) is 6.10. The van der Waals surface area contributed by atoms with Gasteiger partial charge in [-0.05, 0) is 52.9 Å². The maximum Gasteiger partial charge on any atom is 0.248 e. The third-order valence-corrected chi connectivity index (χ3v) is 6.59. The molecule has 4 aromatic rings. The Morgan fingerprint density at radius 2 is 1.57 bits per heavy atom. The van der Waals surface area contributed by atoms with Crippen LogP contribution in [0.1, 0.15) is 39.5 Å². The van der Waals surface area contributed by atoms with Crippen molar-refractivity contribution in [1.82, 2.24) is 10.6 Å². The Kier molecular flexibility index (Phi) is 9.91. The number of rotatable bonds is 13. The Morgan fingerprint density at radius 3 is 2.30 bits per heavy atom. The van der Waals surface area contributed by atoms with E-state index >= 15 is 0 Å². The molecule has 7 nitrogen and oxygen atoms in total. The number of carbonyl (C=O) groups excluding carboxylic acids is 2. The maximum atomic E-state index is 11.4. The summed E-state index contributed by atoms with van der Waals surface area (Å²) >= 11 is 0. The van der Waals surface area contributed by atoms with Crippen molar-refractivity contribution in [3.63, 3.8) is 0 Å².